The summed E-state index contributed by atoms with van der Waals surface area (Å²) in [7, 11) is 2.69. The van der Waals surface area contributed by atoms with Gasteiger partial charge >= 0.3 is 11.9 Å². The minimum Gasteiger partial charge on any atom is -0.481 e. The standard InChI is InChI=1S/C22H22ClN3O7S/c1-5-32-19(27)17-12(13-7-8-14(23)34-13)9-10-24-18(17)22(29,21(28)33-6-2)20-25-15(30-3)11-16(26-20)31-4/h7-11,29H,5-6H2,1-4H3. The van der Waals surface area contributed by atoms with E-state index in [4.69, 9.17) is 30.5 Å². The van der Waals surface area contributed by atoms with Crippen LogP contribution >= 0.6 is 22.9 Å². The molecule has 0 fully saturated rings. The van der Waals surface area contributed by atoms with E-state index in [1.807, 2.05) is 0 Å². The zero-order valence-corrected chi connectivity index (χ0v) is 20.4. The Morgan fingerprint density at radius 3 is 2.24 bits per heavy atom. The topological polar surface area (TPSA) is 130 Å². The molecule has 3 aromatic heterocycles. The Bertz CT molecular complexity index is 1180. The molecule has 0 radical (unpaired) electrons. The lowest BCUT2D eigenvalue weighted by Gasteiger charge is -2.26. The first-order valence-electron chi connectivity index (χ1n) is 10.1. The molecular weight excluding hydrogens is 486 g/mol. The van der Waals surface area contributed by atoms with E-state index in [0.29, 0.717) is 14.8 Å². The number of rotatable bonds is 9. The van der Waals surface area contributed by atoms with Crippen molar-refractivity contribution in [2.45, 2.75) is 19.4 Å². The molecule has 12 heteroatoms. The van der Waals surface area contributed by atoms with Crippen LogP contribution in [0.4, 0.5) is 0 Å². The van der Waals surface area contributed by atoms with E-state index < -0.39 is 23.4 Å². The number of hydrogen-bond donors (Lipinski definition) is 1. The second-order valence-electron chi connectivity index (χ2n) is 6.61. The monoisotopic (exact) mass is 507 g/mol. The molecular formula is C22H22ClN3O7S. The predicted octanol–water partition coefficient (Wildman–Crippen LogP) is 3.25. The number of carbonyl (C=O) groups excluding carboxylic acids is 2. The number of carbonyl (C=O) groups is 2. The molecule has 0 aliphatic rings. The van der Waals surface area contributed by atoms with Crippen molar-refractivity contribution in [1.82, 2.24) is 15.0 Å². The summed E-state index contributed by atoms with van der Waals surface area (Å²) >= 11 is 7.30. The van der Waals surface area contributed by atoms with Gasteiger partial charge in [-0.05, 0) is 32.0 Å². The highest BCUT2D eigenvalue weighted by atomic mass is 35.5. The lowest BCUT2D eigenvalue weighted by molar-refractivity contribution is -0.162. The maximum Gasteiger partial charge on any atom is 0.352 e. The summed E-state index contributed by atoms with van der Waals surface area (Å²) in [6.45, 7) is 3.16. The molecule has 1 unspecified atom stereocenters. The van der Waals surface area contributed by atoms with Crippen LogP contribution in [0.5, 0.6) is 11.8 Å². The molecule has 0 spiro atoms. The molecule has 0 saturated heterocycles. The van der Waals surface area contributed by atoms with E-state index >= 15 is 0 Å². The van der Waals surface area contributed by atoms with Gasteiger partial charge in [-0.1, -0.05) is 11.6 Å². The first-order valence-corrected chi connectivity index (χ1v) is 11.3. The minimum atomic E-state index is -2.71. The second kappa shape index (κ2) is 10.8. The van der Waals surface area contributed by atoms with Crippen LogP contribution in [0.3, 0.4) is 0 Å². The quantitative estimate of drug-likeness (QED) is 0.430. The van der Waals surface area contributed by atoms with Gasteiger partial charge in [0.25, 0.3) is 5.60 Å². The number of aliphatic hydroxyl groups is 1. The van der Waals surface area contributed by atoms with Gasteiger partial charge in [0.05, 0.1) is 43.4 Å². The summed E-state index contributed by atoms with van der Waals surface area (Å²) in [5.41, 5.74) is -2.90. The number of ether oxygens (including phenoxy) is 4. The normalized spacial score (nSPS) is 12.5. The smallest absolute Gasteiger partial charge is 0.352 e. The highest BCUT2D eigenvalue weighted by Gasteiger charge is 2.50. The Morgan fingerprint density at radius 1 is 1.06 bits per heavy atom. The van der Waals surface area contributed by atoms with E-state index in [-0.39, 0.29) is 36.2 Å². The molecule has 180 valence electrons. The van der Waals surface area contributed by atoms with Gasteiger partial charge in [-0.25, -0.2) is 9.59 Å². The van der Waals surface area contributed by atoms with Crippen LogP contribution in [0.15, 0.2) is 30.5 Å². The largest absolute Gasteiger partial charge is 0.481 e. The van der Waals surface area contributed by atoms with Gasteiger partial charge in [0.2, 0.25) is 11.8 Å². The lowest BCUT2D eigenvalue weighted by Crippen LogP contribution is -2.42. The van der Waals surface area contributed by atoms with Gasteiger partial charge in [0.15, 0.2) is 5.82 Å². The molecule has 1 N–H and O–H groups in total. The van der Waals surface area contributed by atoms with Crippen molar-refractivity contribution < 1.29 is 33.6 Å². The van der Waals surface area contributed by atoms with Crippen molar-refractivity contribution in [2.75, 3.05) is 27.4 Å². The van der Waals surface area contributed by atoms with Crippen LogP contribution in [0.25, 0.3) is 10.4 Å². The number of halogens is 1. The zero-order chi connectivity index (χ0) is 24.9. The summed E-state index contributed by atoms with van der Waals surface area (Å²) in [5.74, 6) is -2.42. The van der Waals surface area contributed by atoms with Gasteiger partial charge in [0, 0.05) is 16.6 Å². The second-order valence-corrected chi connectivity index (χ2v) is 8.33. The van der Waals surface area contributed by atoms with Crippen LogP contribution in [0, 0.1) is 0 Å². The van der Waals surface area contributed by atoms with Gasteiger partial charge in [-0.2, -0.15) is 9.97 Å². The van der Waals surface area contributed by atoms with Crippen LogP contribution in [-0.2, 0) is 19.9 Å². The van der Waals surface area contributed by atoms with Crippen molar-refractivity contribution in [1.29, 1.82) is 0 Å². The lowest BCUT2D eigenvalue weighted by atomic mass is 9.90. The maximum absolute atomic E-state index is 13.2. The average molecular weight is 508 g/mol. The highest BCUT2D eigenvalue weighted by molar-refractivity contribution is 7.19. The molecule has 0 bridgehead atoms. The third-order valence-electron chi connectivity index (χ3n) is 4.60. The fraction of sp³-hybridized carbons (Fsp3) is 0.318. The molecule has 0 amide bonds. The van der Waals surface area contributed by atoms with E-state index in [1.165, 1.54) is 37.8 Å². The first-order chi connectivity index (χ1) is 16.3. The van der Waals surface area contributed by atoms with E-state index in [9.17, 15) is 14.7 Å². The molecule has 0 aromatic carbocycles. The van der Waals surface area contributed by atoms with Crippen molar-refractivity contribution >= 4 is 34.9 Å². The van der Waals surface area contributed by atoms with Crippen molar-refractivity contribution in [2.24, 2.45) is 0 Å². The summed E-state index contributed by atoms with van der Waals surface area (Å²) in [6, 6.07) is 6.27. The Hall–Kier alpha value is -3.28. The first kappa shape index (κ1) is 25.3. The molecule has 3 rings (SSSR count). The summed E-state index contributed by atoms with van der Waals surface area (Å²) in [6.07, 6.45) is 1.34. The number of pyridine rings is 1. The summed E-state index contributed by atoms with van der Waals surface area (Å²) in [5, 5.41) is 11.9. The van der Waals surface area contributed by atoms with Gasteiger partial charge in [0.1, 0.15) is 5.69 Å². The molecule has 1 atom stereocenters. The number of methoxy groups -OCH3 is 2. The predicted molar refractivity (Wildman–Crippen MR) is 123 cm³/mol. The van der Waals surface area contributed by atoms with Gasteiger partial charge in [-0.3, -0.25) is 4.98 Å². The molecule has 3 heterocycles. The number of hydrogen-bond acceptors (Lipinski definition) is 11. The summed E-state index contributed by atoms with van der Waals surface area (Å²) in [4.78, 5) is 39.4. The molecule has 0 aliphatic heterocycles. The SMILES string of the molecule is CCOC(=O)c1c(-c2ccc(Cl)s2)ccnc1C(O)(C(=O)OCC)c1nc(OC)cc(OC)n1. The molecule has 3 aromatic rings. The number of thiophene rings is 1. The van der Waals surface area contributed by atoms with Gasteiger partial charge < -0.3 is 24.1 Å². The third kappa shape index (κ3) is 4.81. The maximum atomic E-state index is 13.2. The molecule has 0 aliphatic carbocycles. The number of nitrogens with zero attached hydrogens (tertiary/aromatic N) is 3. The van der Waals surface area contributed by atoms with Crippen molar-refractivity contribution in [3.05, 3.63) is 51.9 Å². The summed E-state index contributed by atoms with van der Waals surface area (Å²) < 4.78 is 21.2. The van der Waals surface area contributed by atoms with E-state index in [0.717, 1.165) is 0 Å². The Kier molecular flexibility index (Phi) is 8.02. The van der Waals surface area contributed by atoms with E-state index in [1.54, 1.807) is 32.0 Å². The Labute approximate surface area is 204 Å². The van der Waals surface area contributed by atoms with Crippen LogP contribution in [0.1, 0.15) is 35.7 Å². The van der Waals surface area contributed by atoms with Crippen LogP contribution in [-0.4, -0.2) is 59.4 Å². The molecule has 10 nitrogen and oxygen atoms in total. The molecule has 0 saturated carbocycles. The number of aromatic nitrogens is 3. The Morgan fingerprint density at radius 2 is 1.71 bits per heavy atom. The van der Waals surface area contributed by atoms with Crippen molar-refractivity contribution in [3.63, 3.8) is 0 Å². The fourth-order valence-corrected chi connectivity index (χ4v) is 4.19. The highest BCUT2D eigenvalue weighted by Crippen LogP contribution is 2.39. The Balaban J connectivity index is 2.39. The van der Waals surface area contributed by atoms with Crippen LogP contribution in [0.2, 0.25) is 4.34 Å². The van der Waals surface area contributed by atoms with E-state index in [2.05, 4.69) is 15.0 Å². The molecule has 34 heavy (non-hydrogen) atoms. The van der Waals surface area contributed by atoms with Crippen molar-refractivity contribution in [3.8, 4) is 22.2 Å². The zero-order valence-electron chi connectivity index (χ0n) is 18.8. The number of esters is 2. The van der Waals surface area contributed by atoms with Gasteiger partial charge in [-0.15, -0.1) is 11.3 Å². The fourth-order valence-electron chi connectivity index (χ4n) is 3.11. The minimum absolute atomic E-state index is 0.00320. The van der Waals surface area contributed by atoms with Crippen LogP contribution < -0.4 is 9.47 Å². The average Bonchev–Trinajstić information content (AvgIpc) is 3.28. The third-order valence-corrected chi connectivity index (χ3v) is 5.87.